The maximum atomic E-state index is 14.0. The molecule has 0 spiro atoms. The van der Waals surface area contributed by atoms with Crippen LogP contribution in [0.2, 0.25) is 0 Å². The van der Waals surface area contributed by atoms with Gasteiger partial charge < -0.3 is 11.1 Å². The summed E-state index contributed by atoms with van der Waals surface area (Å²) in [5.41, 5.74) is 10.2. The Kier molecular flexibility index (Phi) is 2.52. The zero-order chi connectivity index (χ0) is 13.6. The molecule has 3 rings (SSSR count). The SMILES string of the molecule is CC(=O)Nc1ccc2c(c1)Cc1cc(N)cc(F)c1-2. The lowest BCUT2D eigenvalue weighted by atomic mass is 10.0. The van der Waals surface area contributed by atoms with Gasteiger partial charge in [-0.15, -0.1) is 0 Å². The van der Waals surface area contributed by atoms with Gasteiger partial charge in [-0.3, -0.25) is 4.79 Å². The van der Waals surface area contributed by atoms with Crippen LogP contribution in [0.4, 0.5) is 15.8 Å². The number of halogens is 1. The minimum atomic E-state index is -0.291. The first kappa shape index (κ1) is 11.7. The van der Waals surface area contributed by atoms with Crippen LogP contribution in [0.3, 0.4) is 0 Å². The van der Waals surface area contributed by atoms with Gasteiger partial charge in [0.05, 0.1) is 0 Å². The summed E-state index contributed by atoms with van der Waals surface area (Å²) in [6.07, 6.45) is 0.639. The third-order valence-corrected chi connectivity index (χ3v) is 3.27. The Labute approximate surface area is 110 Å². The summed E-state index contributed by atoms with van der Waals surface area (Å²) in [5, 5.41) is 2.73. The molecule has 2 aromatic carbocycles. The van der Waals surface area contributed by atoms with E-state index >= 15 is 0 Å². The molecule has 0 unspecified atom stereocenters. The van der Waals surface area contributed by atoms with Gasteiger partial charge in [-0.2, -0.15) is 0 Å². The molecule has 0 radical (unpaired) electrons. The van der Waals surface area contributed by atoms with Gasteiger partial charge in [-0.1, -0.05) is 6.07 Å². The Morgan fingerprint density at radius 1 is 1.26 bits per heavy atom. The quantitative estimate of drug-likeness (QED) is 0.658. The number of hydrogen-bond acceptors (Lipinski definition) is 2. The van der Waals surface area contributed by atoms with Crippen LogP contribution < -0.4 is 11.1 Å². The van der Waals surface area contributed by atoms with E-state index in [2.05, 4.69) is 5.32 Å². The monoisotopic (exact) mass is 256 g/mol. The Bertz CT molecular complexity index is 695. The largest absolute Gasteiger partial charge is 0.399 e. The van der Waals surface area contributed by atoms with Crippen LogP contribution in [0.1, 0.15) is 18.1 Å². The van der Waals surface area contributed by atoms with Gasteiger partial charge in [0, 0.05) is 23.9 Å². The molecule has 3 N–H and O–H groups in total. The molecule has 0 fully saturated rings. The fraction of sp³-hybridized carbons (Fsp3) is 0.133. The number of amides is 1. The molecular weight excluding hydrogens is 243 g/mol. The predicted molar refractivity (Wildman–Crippen MR) is 73.4 cm³/mol. The molecule has 0 heterocycles. The van der Waals surface area contributed by atoms with E-state index in [9.17, 15) is 9.18 Å². The van der Waals surface area contributed by atoms with Gasteiger partial charge in [-0.05, 0) is 47.4 Å². The van der Waals surface area contributed by atoms with E-state index in [4.69, 9.17) is 5.73 Å². The molecule has 0 aliphatic heterocycles. The van der Waals surface area contributed by atoms with E-state index in [1.165, 1.54) is 13.0 Å². The first-order chi connectivity index (χ1) is 9.04. The van der Waals surface area contributed by atoms with Crippen molar-refractivity contribution in [2.75, 3.05) is 11.1 Å². The zero-order valence-corrected chi connectivity index (χ0v) is 10.5. The van der Waals surface area contributed by atoms with Crippen molar-refractivity contribution in [1.29, 1.82) is 0 Å². The molecular formula is C15H13FN2O. The topological polar surface area (TPSA) is 55.1 Å². The second-order valence-corrected chi connectivity index (χ2v) is 4.77. The van der Waals surface area contributed by atoms with Gasteiger partial charge in [-0.25, -0.2) is 4.39 Å². The second kappa shape index (κ2) is 4.09. The lowest BCUT2D eigenvalue weighted by molar-refractivity contribution is -0.114. The van der Waals surface area contributed by atoms with Crippen molar-refractivity contribution in [1.82, 2.24) is 0 Å². The molecule has 1 aliphatic rings. The highest BCUT2D eigenvalue weighted by molar-refractivity contribution is 5.90. The molecule has 3 nitrogen and oxygen atoms in total. The molecule has 19 heavy (non-hydrogen) atoms. The van der Waals surface area contributed by atoms with Gasteiger partial charge >= 0.3 is 0 Å². The molecule has 0 bridgehead atoms. The van der Waals surface area contributed by atoms with E-state index < -0.39 is 0 Å². The van der Waals surface area contributed by atoms with Crippen molar-refractivity contribution in [3.05, 3.63) is 47.3 Å². The summed E-state index contributed by atoms with van der Waals surface area (Å²) in [7, 11) is 0. The van der Waals surface area contributed by atoms with Gasteiger partial charge in [0.1, 0.15) is 5.82 Å². The Morgan fingerprint density at radius 2 is 2.05 bits per heavy atom. The first-order valence-corrected chi connectivity index (χ1v) is 6.03. The standard InChI is InChI=1S/C15H13FN2O/c1-8(19)18-12-2-3-13-9(6-12)4-10-5-11(17)7-14(16)15(10)13/h2-3,5-7H,4,17H2,1H3,(H,18,19). The Hall–Kier alpha value is -2.36. The zero-order valence-electron chi connectivity index (χ0n) is 10.5. The molecule has 0 aromatic heterocycles. The minimum Gasteiger partial charge on any atom is -0.399 e. The number of fused-ring (bicyclic) bond motifs is 3. The van der Waals surface area contributed by atoms with E-state index in [0.717, 1.165) is 22.4 Å². The maximum Gasteiger partial charge on any atom is 0.221 e. The van der Waals surface area contributed by atoms with Gasteiger partial charge in [0.25, 0.3) is 0 Å². The van der Waals surface area contributed by atoms with Gasteiger partial charge in [0.15, 0.2) is 0 Å². The highest BCUT2D eigenvalue weighted by Crippen LogP contribution is 2.40. The van der Waals surface area contributed by atoms with Crippen LogP contribution in [0.15, 0.2) is 30.3 Å². The number of nitrogen functional groups attached to an aromatic ring is 1. The summed E-state index contributed by atoms with van der Waals surface area (Å²) in [5.74, 6) is -0.410. The first-order valence-electron chi connectivity index (χ1n) is 6.03. The molecule has 2 aromatic rings. The minimum absolute atomic E-state index is 0.120. The molecule has 4 heteroatoms. The number of nitrogens with two attached hydrogens (primary N) is 1. The summed E-state index contributed by atoms with van der Waals surface area (Å²) < 4.78 is 14.0. The molecule has 96 valence electrons. The molecule has 1 amide bonds. The highest BCUT2D eigenvalue weighted by Gasteiger charge is 2.22. The average molecular weight is 256 g/mol. The lowest BCUT2D eigenvalue weighted by Crippen LogP contribution is -2.05. The number of carbonyl (C=O) groups is 1. The van der Waals surface area contributed by atoms with Crippen molar-refractivity contribution >= 4 is 17.3 Å². The van der Waals surface area contributed by atoms with E-state index in [0.29, 0.717) is 17.7 Å². The Morgan fingerprint density at radius 3 is 2.79 bits per heavy atom. The highest BCUT2D eigenvalue weighted by atomic mass is 19.1. The number of nitrogens with one attached hydrogen (secondary N) is 1. The van der Waals surface area contributed by atoms with Crippen molar-refractivity contribution in [3.8, 4) is 11.1 Å². The van der Waals surface area contributed by atoms with Crippen LogP contribution in [0, 0.1) is 5.82 Å². The number of benzene rings is 2. The van der Waals surface area contributed by atoms with Crippen LogP contribution >= 0.6 is 0 Å². The van der Waals surface area contributed by atoms with Crippen molar-refractivity contribution in [2.45, 2.75) is 13.3 Å². The lowest BCUT2D eigenvalue weighted by Gasteiger charge is -2.06. The second-order valence-electron chi connectivity index (χ2n) is 4.77. The third-order valence-electron chi connectivity index (χ3n) is 3.27. The summed E-state index contributed by atoms with van der Waals surface area (Å²) in [6.45, 7) is 1.46. The third kappa shape index (κ3) is 1.95. The van der Waals surface area contributed by atoms with Gasteiger partial charge in [0.2, 0.25) is 5.91 Å². The van der Waals surface area contributed by atoms with Crippen LogP contribution in [0.5, 0.6) is 0 Å². The van der Waals surface area contributed by atoms with Crippen molar-refractivity contribution in [2.24, 2.45) is 0 Å². The fourth-order valence-electron chi connectivity index (χ4n) is 2.60. The normalized spacial score (nSPS) is 11.9. The van der Waals surface area contributed by atoms with Crippen LogP contribution in [-0.2, 0) is 11.2 Å². The molecule has 0 atom stereocenters. The summed E-state index contributed by atoms with van der Waals surface area (Å²) >= 11 is 0. The van der Waals surface area contributed by atoms with E-state index in [-0.39, 0.29) is 11.7 Å². The fourth-order valence-corrected chi connectivity index (χ4v) is 2.60. The van der Waals surface area contributed by atoms with Crippen molar-refractivity contribution in [3.63, 3.8) is 0 Å². The Balaban J connectivity index is 2.09. The molecule has 0 saturated carbocycles. The average Bonchev–Trinajstić information content (AvgIpc) is 2.64. The number of rotatable bonds is 1. The van der Waals surface area contributed by atoms with E-state index in [1.54, 1.807) is 12.1 Å². The maximum absolute atomic E-state index is 14.0. The summed E-state index contributed by atoms with van der Waals surface area (Å²) in [4.78, 5) is 11.0. The predicted octanol–water partition coefficient (Wildman–Crippen LogP) is 2.94. The van der Waals surface area contributed by atoms with Crippen LogP contribution in [-0.4, -0.2) is 5.91 Å². The van der Waals surface area contributed by atoms with E-state index in [1.807, 2.05) is 12.1 Å². The van der Waals surface area contributed by atoms with Crippen LogP contribution in [0.25, 0.3) is 11.1 Å². The molecule has 1 aliphatic carbocycles. The summed E-state index contributed by atoms with van der Waals surface area (Å²) in [6, 6.07) is 8.65. The number of hydrogen-bond donors (Lipinski definition) is 2. The number of anilines is 2. The molecule has 0 saturated heterocycles. The smallest absolute Gasteiger partial charge is 0.221 e. The van der Waals surface area contributed by atoms with Crippen molar-refractivity contribution < 1.29 is 9.18 Å². The number of carbonyl (C=O) groups excluding carboxylic acids is 1.